The fraction of sp³-hybridized carbons (Fsp3) is 0.250. The normalized spacial score (nSPS) is 15.2. The van der Waals surface area contributed by atoms with Crippen molar-refractivity contribution in [2.45, 2.75) is 26.8 Å². The summed E-state index contributed by atoms with van der Waals surface area (Å²) in [5.41, 5.74) is 2.47. The SMILES string of the molecule is CCOC(=O)C1=C(C)N(CC(=O)Nc2ccc(F)cc2F)c2ncnn2C1c1ccc(C)cc1. The third kappa shape index (κ3) is 4.39. The van der Waals surface area contributed by atoms with Gasteiger partial charge in [0.1, 0.15) is 30.5 Å². The van der Waals surface area contributed by atoms with Crippen molar-refractivity contribution in [3.63, 3.8) is 0 Å². The molecule has 34 heavy (non-hydrogen) atoms. The van der Waals surface area contributed by atoms with Crippen LogP contribution in [0.15, 0.2) is 60.1 Å². The van der Waals surface area contributed by atoms with Crippen LogP contribution in [0.25, 0.3) is 0 Å². The first-order chi connectivity index (χ1) is 16.3. The number of esters is 1. The van der Waals surface area contributed by atoms with Gasteiger partial charge in [-0.05, 0) is 38.5 Å². The van der Waals surface area contributed by atoms with Crippen molar-refractivity contribution >= 4 is 23.5 Å². The van der Waals surface area contributed by atoms with E-state index in [-0.39, 0.29) is 18.8 Å². The molecule has 1 aliphatic rings. The molecule has 0 radical (unpaired) electrons. The summed E-state index contributed by atoms with van der Waals surface area (Å²) < 4.78 is 34.1. The minimum absolute atomic E-state index is 0.158. The number of carbonyl (C=O) groups excluding carboxylic acids is 2. The number of halogens is 2. The maximum Gasteiger partial charge on any atom is 0.338 e. The fourth-order valence-corrected chi connectivity index (χ4v) is 3.87. The van der Waals surface area contributed by atoms with Gasteiger partial charge in [0, 0.05) is 11.8 Å². The second kappa shape index (κ2) is 9.42. The second-order valence-electron chi connectivity index (χ2n) is 7.80. The Morgan fingerprint density at radius 2 is 1.85 bits per heavy atom. The maximum atomic E-state index is 14.0. The van der Waals surface area contributed by atoms with E-state index in [1.165, 1.54) is 11.2 Å². The first-order valence-corrected chi connectivity index (χ1v) is 10.7. The van der Waals surface area contributed by atoms with Gasteiger partial charge in [-0.3, -0.25) is 4.79 Å². The number of allylic oxidation sites excluding steroid dienone is 1. The number of anilines is 2. The molecule has 0 aliphatic carbocycles. The van der Waals surface area contributed by atoms with Crippen LogP contribution in [0.3, 0.4) is 0 Å². The number of rotatable bonds is 6. The molecule has 2 aromatic carbocycles. The highest BCUT2D eigenvalue weighted by atomic mass is 19.1. The minimum atomic E-state index is -0.894. The lowest BCUT2D eigenvalue weighted by Gasteiger charge is -2.35. The molecule has 1 aliphatic heterocycles. The summed E-state index contributed by atoms with van der Waals surface area (Å²) in [6, 6.07) is 9.93. The van der Waals surface area contributed by atoms with Gasteiger partial charge in [0.15, 0.2) is 0 Å². The van der Waals surface area contributed by atoms with Crippen molar-refractivity contribution in [3.05, 3.63) is 82.8 Å². The lowest BCUT2D eigenvalue weighted by atomic mass is 9.94. The van der Waals surface area contributed by atoms with Gasteiger partial charge in [0.25, 0.3) is 0 Å². The highest BCUT2D eigenvalue weighted by Crippen LogP contribution is 2.38. The maximum absolute atomic E-state index is 14.0. The van der Waals surface area contributed by atoms with E-state index in [0.717, 1.165) is 23.3 Å². The van der Waals surface area contributed by atoms with Crippen molar-refractivity contribution in [2.75, 3.05) is 23.4 Å². The Balaban J connectivity index is 1.72. The van der Waals surface area contributed by atoms with E-state index < -0.39 is 29.6 Å². The number of amides is 1. The topological polar surface area (TPSA) is 89.3 Å². The zero-order valence-corrected chi connectivity index (χ0v) is 18.9. The fourth-order valence-electron chi connectivity index (χ4n) is 3.87. The van der Waals surface area contributed by atoms with Gasteiger partial charge < -0.3 is 15.0 Å². The third-order valence-electron chi connectivity index (χ3n) is 5.50. The van der Waals surface area contributed by atoms with E-state index in [1.54, 1.807) is 18.5 Å². The molecule has 10 heteroatoms. The minimum Gasteiger partial charge on any atom is -0.463 e. The Bertz CT molecular complexity index is 1270. The smallest absolute Gasteiger partial charge is 0.338 e. The number of aryl methyl sites for hydroxylation is 1. The van der Waals surface area contributed by atoms with Crippen molar-refractivity contribution in [1.29, 1.82) is 0 Å². The molecule has 0 bridgehead atoms. The molecule has 1 aromatic heterocycles. The van der Waals surface area contributed by atoms with Crippen LogP contribution in [-0.2, 0) is 14.3 Å². The first-order valence-electron chi connectivity index (χ1n) is 10.7. The summed E-state index contributed by atoms with van der Waals surface area (Å²) in [4.78, 5) is 31.6. The van der Waals surface area contributed by atoms with E-state index in [9.17, 15) is 18.4 Å². The summed E-state index contributed by atoms with van der Waals surface area (Å²) >= 11 is 0. The van der Waals surface area contributed by atoms with Gasteiger partial charge in [0.2, 0.25) is 11.9 Å². The lowest BCUT2D eigenvalue weighted by Crippen LogP contribution is -2.41. The van der Waals surface area contributed by atoms with E-state index >= 15 is 0 Å². The van der Waals surface area contributed by atoms with Crippen LogP contribution in [0.4, 0.5) is 20.4 Å². The lowest BCUT2D eigenvalue weighted by molar-refractivity contribution is -0.139. The van der Waals surface area contributed by atoms with Gasteiger partial charge >= 0.3 is 5.97 Å². The zero-order valence-electron chi connectivity index (χ0n) is 18.9. The number of fused-ring (bicyclic) bond motifs is 1. The molecule has 2 heterocycles. The average Bonchev–Trinajstić information content (AvgIpc) is 3.27. The van der Waals surface area contributed by atoms with Crippen molar-refractivity contribution in [3.8, 4) is 0 Å². The summed E-state index contributed by atoms with van der Waals surface area (Å²) in [6.45, 7) is 5.25. The molecule has 1 amide bonds. The van der Waals surface area contributed by atoms with Crippen LogP contribution in [-0.4, -0.2) is 39.8 Å². The molecule has 4 rings (SSSR count). The molecular formula is C24H23F2N5O3. The molecule has 1 N–H and O–H groups in total. The summed E-state index contributed by atoms with van der Waals surface area (Å²) in [5.74, 6) is -2.43. The molecule has 0 spiro atoms. The van der Waals surface area contributed by atoms with E-state index in [2.05, 4.69) is 15.4 Å². The monoisotopic (exact) mass is 467 g/mol. The quantitative estimate of drug-likeness (QED) is 0.556. The largest absolute Gasteiger partial charge is 0.463 e. The Morgan fingerprint density at radius 1 is 1.12 bits per heavy atom. The van der Waals surface area contributed by atoms with Crippen LogP contribution in [0.1, 0.15) is 31.0 Å². The number of ether oxygens (including phenoxy) is 1. The summed E-state index contributed by atoms with van der Waals surface area (Å²) in [5, 5.41) is 6.75. The Morgan fingerprint density at radius 3 is 2.53 bits per heavy atom. The van der Waals surface area contributed by atoms with Crippen LogP contribution < -0.4 is 10.2 Å². The predicted molar refractivity (Wildman–Crippen MR) is 121 cm³/mol. The second-order valence-corrected chi connectivity index (χ2v) is 7.80. The molecule has 0 fully saturated rings. The number of hydrogen-bond donors (Lipinski definition) is 1. The van der Waals surface area contributed by atoms with Gasteiger partial charge in [0.05, 0.1) is 17.9 Å². The highest BCUT2D eigenvalue weighted by molar-refractivity contribution is 5.96. The van der Waals surface area contributed by atoms with Crippen LogP contribution in [0, 0.1) is 18.6 Å². The van der Waals surface area contributed by atoms with Crippen LogP contribution in [0.5, 0.6) is 0 Å². The van der Waals surface area contributed by atoms with Crippen molar-refractivity contribution in [2.24, 2.45) is 0 Å². The standard InChI is InChI=1S/C24H23F2N5O3/c1-4-34-23(33)21-15(3)30(12-20(32)29-19-10-9-17(25)11-18(19)26)24-27-13-28-31(24)22(21)16-7-5-14(2)6-8-16/h5-11,13,22H,4,12H2,1-3H3,(H,29,32). The molecule has 176 valence electrons. The van der Waals surface area contributed by atoms with E-state index in [1.807, 2.05) is 31.2 Å². The first kappa shape index (κ1) is 23.1. The van der Waals surface area contributed by atoms with Gasteiger partial charge in [-0.2, -0.15) is 10.1 Å². The third-order valence-corrected chi connectivity index (χ3v) is 5.50. The molecule has 8 nitrogen and oxygen atoms in total. The highest BCUT2D eigenvalue weighted by Gasteiger charge is 2.38. The number of nitrogens with one attached hydrogen (secondary N) is 1. The van der Waals surface area contributed by atoms with Gasteiger partial charge in [-0.15, -0.1) is 0 Å². The number of benzene rings is 2. The number of nitrogens with zero attached hydrogens (tertiary/aromatic N) is 4. The predicted octanol–water partition coefficient (Wildman–Crippen LogP) is 3.75. The summed E-state index contributed by atoms with van der Waals surface area (Å²) in [6.07, 6.45) is 1.34. The van der Waals surface area contributed by atoms with Crippen LogP contribution >= 0.6 is 0 Å². The van der Waals surface area contributed by atoms with Crippen LogP contribution in [0.2, 0.25) is 0 Å². The Hall–Kier alpha value is -4.08. The number of hydrogen-bond acceptors (Lipinski definition) is 6. The molecule has 0 saturated carbocycles. The van der Waals surface area contributed by atoms with E-state index in [0.29, 0.717) is 23.3 Å². The van der Waals surface area contributed by atoms with Crippen molar-refractivity contribution in [1.82, 2.24) is 14.8 Å². The molecule has 0 saturated heterocycles. The molecule has 1 atom stereocenters. The van der Waals surface area contributed by atoms with Crippen molar-refractivity contribution < 1.29 is 23.1 Å². The Kier molecular flexibility index (Phi) is 6.40. The number of carbonyl (C=O) groups is 2. The summed E-state index contributed by atoms with van der Waals surface area (Å²) in [7, 11) is 0. The zero-order chi connectivity index (χ0) is 24.4. The van der Waals surface area contributed by atoms with E-state index in [4.69, 9.17) is 4.74 Å². The van der Waals surface area contributed by atoms with Gasteiger partial charge in [-0.1, -0.05) is 29.8 Å². The molecule has 1 unspecified atom stereocenters. The molecule has 3 aromatic rings. The molecular weight excluding hydrogens is 444 g/mol. The van der Waals surface area contributed by atoms with Gasteiger partial charge in [-0.25, -0.2) is 18.3 Å². The number of aromatic nitrogens is 3. The average molecular weight is 467 g/mol. The Labute approximate surface area is 194 Å².